The van der Waals surface area contributed by atoms with Gasteiger partial charge < -0.3 is 15.2 Å². The lowest BCUT2D eigenvalue weighted by Gasteiger charge is -2.30. The summed E-state index contributed by atoms with van der Waals surface area (Å²) in [6, 6.07) is 8.06. The Kier molecular flexibility index (Phi) is 3.82. The summed E-state index contributed by atoms with van der Waals surface area (Å²) in [5, 5.41) is 6.10. The molecule has 0 fully saturated rings. The maximum absolute atomic E-state index is 6.10. The SMILES string of the molecule is Nc1cccc2c1CCCN2Cc1nc(-c2cc(Br)cs2)no1. The molecule has 118 valence electrons. The summed E-state index contributed by atoms with van der Waals surface area (Å²) in [6.45, 7) is 1.58. The predicted molar refractivity (Wildman–Crippen MR) is 95.5 cm³/mol. The zero-order valence-electron chi connectivity index (χ0n) is 12.3. The molecule has 0 saturated carbocycles. The van der Waals surface area contributed by atoms with Crippen LogP contribution in [0.2, 0.25) is 0 Å². The fourth-order valence-corrected chi connectivity index (χ4v) is 4.26. The highest BCUT2D eigenvalue weighted by Gasteiger charge is 2.21. The third-order valence-corrected chi connectivity index (χ3v) is 5.65. The fourth-order valence-electron chi connectivity index (χ4n) is 2.90. The molecule has 0 unspecified atom stereocenters. The quantitative estimate of drug-likeness (QED) is 0.681. The van der Waals surface area contributed by atoms with Gasteiger partial charge in [-0.3, -0.25) is 0 Å². The van der Waals surface area contributed by atoms with E-state index in [1.165, 1.54) is 11.3 Å². The van der Waals surface area contributed by atoms with Crippen LogP contribution in [0.3, 0.4) is 0 Å². The van der Waals surface area contributed by atoms with Gasteiger partial charge in [-0.2, -0.15) is 4.98 Å². The minimum atomic E-state index is 0.607. The molecule has 0 radical (unpaired) electrons. The number of fused-ring (bicyclic) bond motifs is 1. The first kappa shape index (κ1) is 14.7. The molecule has 2 N–H and O–H groups in total. The number of nitrogens with zero attached hydrogens (tertiary/aromatic N) is 3. The van der Waals surface area contributed by atoms with E-state index >= 15 is 0 Å². The van der Waals surface area contributed by atoms with Crippen molar-refractivity contribution >= 4 is 38.6 Å². The summed E-state index contributed by atoms with van der Waals surface area (Å²) >= 11 is 5.04. The van der Waals surface area contributed by atoms with Gasteiger partial charge in [0.05, 0.1) is 11.4 Å². The summed E-state index contributed by atoms with van der Waals surface area (Å²) in [7, 11) is 0. The molecule has 7 heteroatoms. The number of aromatic nitrogens is 2. The Morgan fingerprint density at radius 2 is 2.30 bits per heavy atom. The van der Waals surface area contributed by atoms with E-state index in [0.717, 1.165) is 34.4 Å². The number of nitrogens with two attached hydrogens (primary N) is 1. The van der Waals surface area contributed by atoms with Crippen molar-refractivity contribution in [2.24, 2.45) is 0 Å². The lowest BCUT2D eigenvalue weighted by atomic mass is 10.00. The van der Waals surface area contributed by atoms with Gasteiger partial charge in [0.15, 0.2) is 0 Å². The van der Waals surface area contributed by atoms with E-state index in [1.807, 2.05) is 23.6 Å². The lowest BCUT2D eigenvalue weighted by molar-refractivity contribution is 0.375. The smallest absolute Gasteiger partial charge is 0.246 e. The number of hydrogen-bond donors (Lipinski definition) is 1. The van der Waals surface area contributed by atoms with Gasteiger partial charge in [-0.15, -0.1) is 11.3 Å². The first-order valence-electron chi connectivity index (χ1n) is 7.40. The van der Waals surface area contributed by atoms with E-state index in [2.05, 4.69) is 37.0 Å². The average molecular weight is 391 g/mol. The summed E-state index contributed by atoms with van der Waals surface area (Å²) < 4.78 is 6.47. The number of hydrogen-bond acceptors (Lipinski definition) is 6. The van der Waals surface area contributed by atoms with Gasteiger partial charge in [-0.1, -0.05) is 11.2 Å². The average Bonchev–Trinajstić information content (AvgIpc) is 3.17. The molecule has 4 rings (SSSR count). The monoisotopic (exact) mass is 390 g/mol. The largest absolute Gasteiger partial charge is 0.398 e. The Morgan fingerprint density at radius 3 is 3.13 bits per heavy atom. The highest BCUT2D eigenvalue weighted by atomic mass is 79.9. The van der Waals surface area contributed by atoms with Crippen molar-refractivity contribution in [1.29, 1.82) is 0 Å². The molecule has 1 aliphatic heterocycles. The fraction of sp³-hybridized carbons (Fsp3) is 0.250. The van der Waals surface area contributed by atoms with Crippen LogP contribution in [0.5, 0.6) is 0 Å². The third-order valence-electron chi connectivity index (χ3n) is 3.97. The summed E-state index contributed by atoms with van der Waals surface area (Å²) in [5.41, 5.74) is 9.36. The molecule has 1 aliphatic rings. The van der Waals surface area contributed by atoms with Crippen molar-refractivity contribution in [3.05, 3.63) is 45.6 Å². The van der Waals surface area contributed by atoms with Crippen molar-refractivity contribution < 1.29 is 4.52 Å². The van der Waals surface area contributed by atoms with E-state index in [1.54, 1.807) is 11.3 Å². The Bertz CT molecular complexity index is 844. The van der Waals surface area contributed by atoms with Crippen LogP contribution in [0.1, 0.15) is 17.9 Å². The first-order chi connectivity index (χ1) is 11.2. The first-order valence-corrected chi connectivity index (χ1v) is 9.07. The molecule has 2 aromatic heterocycles. The highest BCUT2D eigenvalue weighted by molar-refractivity contribution is 9.10. The van der Waals surface area contributed by atoms with E-state index in [9.17, 15) is 0 Å². The van der Waals surface area contributed by atoms with Gasteiger partial charge in [0.2, 0.25) is 11.7 Å². The second-order valence-electron chi connectivity index (χ2n) is 5.51. The molecule has 0 bridgehead atoms. The van der Waals surface area contributed by atoms with Crippen molar-refractivity contribution in [3.63, 3.8) is 0 Å². The van der Waals surface area contributed by atoms with Crippen LogP contribution in [0.25, 0.3) is 10.7 Å². The molecule has 3 aromatic rings. The van der Waals surface area contributed by atoms with E-state index in [-0.39, 0.29) is 0 Å². The van der Waals surface area contributed by atoms with Gasteiger partial charge in [0.1, 0.15) is 0 Å². The van der Waals surface area contributed by atoms with Crippen LogP contribution in [0.4, 0.5) is 11.4 Å². The number of halogens is 1. The zero-order valence-corrected chi connectivity index (χ0v) is 14.7. The molecule has 0 amide bonds. The summed E-state index contributed by atoms with van der Waals surface area (Å²) in [6.07, 6.45) is 2.11. The van der Waals surface area contributed by atoms with Crippen LogP contribution >= 0.6 is 27.3 Å². The van der Waals surface area contributed by atoms with Gasteiger partial charge in [-0.05, 0) is 52.5 Å². The lowest BCUT2D eigenvalue weighted by Crippen LogP contribution is -2.29. The molecular weight excluding hydrogens is 376 g/mol. The maximum atomic E-state index is 6.10. The molecule has 0 spiro atoms. The topological polar surface area (TPSA) is 68.2 Å². The van der Waals surface area contributed by atoms with E-state index in [4.69, 9.17) is 10.3 Å². The second kappa shape index (κ2) is 5.98. The van der Waals surface area contributed by atoms with Crippen LogP contribution < -0.4 is 10.6 Å². The van der Waals surface area contributed by atoms with E-state index < -0.39 is 0 Å². The number of anilines is 2. The van der Waals surface area contributed by atoms with Crippen molar-refractivity contribution in [2.75, 3.05) is 17.2 Å². The minimum absolute atomic E-state index is 0.607. The summed E-state index contributed by atoms with van der Waals surface area (Å²) in [5.74, 6) is 1.26. The van der Waals surface area contributed by atoms with Crippen LogP contribution in [0.15, 0.2) is 38.6 Å². The van der Waals surface area contributed by atoms with Crippen LogP contribution in [-0.2, 0) is 13.0 Å². The third kappa shape index (κ3) is 2.86. The summed E-state index contributed by atoms with van der Waals surface area (Å²) in [4.78, 5) is 7.78. The van der Waals surface area contributed by atoms with E-state index in [0.29, 0.717) is 18.3 Å². The normalized spacial score (nSPS) is 14.0. The van der Waals surface area contributed by atoms with Gasteiger partial charge in [0, 0.05) is 27.8 Å². The zero-order chi connectivity index (χ0) is 15.8. The van der Waals surface area contributed by atoms with Gasteiger partial charge in [-0.25, -0.2) is 0 Å². The van der Waals surface area contributed by atoms with Crippen LogP contribution in [-0.4, -0.2) is 16.7 Å². The molecule has 0 aliphatic carbocycles. The van der Waals surface area contributed by atoms with Gasteiger partial charge >= 0.3 is 0 Å². The highest BCUT2D eigenvalue weighted by Crippen LogP contribution is 2.32. The number of thiophene rings is 1. The Labute approximate surface area is 146 Å². The maximum Gasteiger partial charge on any atom is 0.246 e. The molecule has 5 nitrogen and oxygen atoms in total. The standard InChI is InChI=1S/C16H15BrN4OS/c17-10-7-14(23-9-10)16-19-15(22-20-16)8-21-6-2-3-11-12(18)4-1-5-13(11)21/h1,4-5,7,9H,2-3,6,8,18H2. The van der Waals surface area contributed by atoms with Crippen molar-refractivity contribution in [3.8, 4) is 10.7 Å². The number of nitrogen functional groups attached to an aromatic ring is 1. The molecule has 3 heterocycles. The number of rotatable bonds is 3. The Hall–Kier alpha value is -1.86. The Morgan fingerprint density at radius 1 is 1.39 bits per heavy atom. The van der Waals surface area contributed by atoms with Gasteiger partial charge in [0.25, 0.3) is 0 Å². The van der Waals surface area contributed by atoms with Crippen molar-refractivity contribution in [1.82, 2.24) is 10.1 Å². The molecule has 1 aromatic carbocycles. The second-order valence-corrected chi connectivity index (χ2v) is 7.34. The van der Waals surface area contributed by atoms with Crippen LogP contribution in [0, 0.1) is 0 Å². The Balaban J connectivity index is 1.58. The predicted octanol–water partition coefficient (Wildman–Crippen LogP) is 4.10. The molecule has 0 atom stereocenters. The molecule has 0 saturated heterocycles. The molecule has 23 heavy (non-hydrogen) atoms. The minimum Gasteiger partial charge on any atom is -0.398 e. The number of benzene rings is 1. The molecular formula is C16H15BrN4OS. The van der Waals surface area contributed by atoms with Crippen molar-refractivity contribution in [2.45, 2.75) is 19.4 Å².